The molecule has 0 spiro atoms. The van der Waals surface area contributed by atoms with Crippen LogP contribution in [0, 0.1) is 0 Å². The molecular formula is C23H14N2O3S2. The van der Waals surface area contributed by atoms with E-state index in [9.17, 15) is 14.4 Å². The molecule has 0 saturated carbocycles. The first-order chi connectivity index (χ1) is 14.4. The molecular weight excluding hydrogens is 416 g/mol. The molecule has 0 saturated heterocycles. The summed E-state index contributed by atoms with van der Waals surface area (Å²) < 4.78 is 0. The van der Waals surface area contributed by atoms with Crippen LogP contribution in [-0.4, -0.2) is 27.3 Å². The molecule has 5 rings (SSSR count). The Kier molecular flexibility index (Phi) is 4.30. The number of hydrogen-bond donors (Lipinski definition) is 0. The first-order valence-electron chi connectivity index (χ1n) is 9.22. The number of aromatic nitrogens is 2. The maximum Gasteiger partial charge on any atom is 0.232 e. The third-order valence-corrected chi connectivity index (χ3v) is 7.34. The van der Waals surface area contributed by atoms with Crippen LogP contribution in [0.25, 0.3) is 30.9 Å². The molecule has 0 atom stereocenters. The van der Waals surface area contributed by atoms with Crippen LogP contribution in [0.4, 0.5) is 0 Å². The quantitative estimate of drug-likeness (QED) is 0.349. The van der Waals surface area contributed by atoms with Crippen LogP contribution in [-0.2, 0) is 0 Å². The predicted octanol–water partition coefficient (Wildman–Crippen LogP) is 5.55. The molecule has 0 bridgehead atoms. The monoisotopic (exact) mass is 430 g/mol. The van der Waals surface area contributed by atoms with Crippen molar-refractivity contribution < 1.29 is 14.4 Å². The van der Waals surface area contributed by atoms with E-state index in [2.05, 4.69) is 9.97 Å². The Morgan fingerprint density at radius 1 is 0.667 bits per heavy atom. The second kappa shape index (κ2) is 6.90. The van der Waals surface area contributed by atoms with E-state index in [0.717, 1.165) is 30.9 Å². The third kappa shape index (κ3) is 2.94. The second-order valence-electron chi connectivity index (χ2n) is 6.99. The van der Waals surface area contributed by atoms with Gasteiger partial charge < -0.3 is 0 Å². The zero-order valence-corrected chi connectivity index (χ0v) is 17.7. The number of carbonyl (C=O) groups is 3. The number of rotatable bonds is 4. The molecule has 2 heterocycles. The fraction of sp³-hybridized carbons (Fsp3) is 0.0870. The van der Waals surface area contributed by atoms with E-state index in [-0.39, 0.29) is 17.3 Å². The highest BCUT2D eigenvalue weighted by Crippen LogP contribution is 2.47. The van der Waals surface area contributed by atoms with Gasteiger partial charge in [-0.3, -0.25) is 14.4 Å². The average Bonchev–Trinajstić information content (AvgIpc) is 3.42. The molecule has 0 fully saturated rings. The van der Waals surface area contributed by atoms with Crippen molar-refractivity contribution >= 4 is 40.0 Å². The lowest BCUT2D eigenvalue weighted by Crippen LogP contribution is -1.98. The van der Waals surface area contributed by atoms with Gasteiger partial charge >= 0.3 is 0 Å². The minimum atomic E-state index is -0.161. The van der Waals surface area contributed by atoms with Crippen molar-refractivity contribution in [1.82, 2.24) is 9.97 Å². The van der Waals surface area contributed by atoms with E-state index in [1.807, 2.05) is 24.3 Å². The Balaban J connectivity index is 1.51. The molecule has 0 amide bonds. The zero-order valence-electron chi connectivity index (χ0n) is 16.1. The Hall–Kier alpha value is -3.29. The topological polar surface area (TPSA) is 77.0 Å². The summed E-state index contributed by atoms with van der Waals surface area (Å²) >= 11 is 2.92. The summed E-state index contributed by atoms with van der Waals surface area (Å²) in [5.41, 5.74) is 3.92. The molecule has 0 N–H and O–H groups in total. The molecule has 0 aliphatic heterocycles. The van der Waals surface area contributed by atoms with E-state index in [0.29, 0.717) is 22.5 Å². The zero-order chi connectivity index (χ0) is 21.0. The van der Waals surface area contributed by atoms with Crippen LogP contribution in [0.2, 0.25) is 0 Å². The van der Waals surface area contributed by atoms with Crippen LogP contribution in [0.5, 0.6) is 0 Å². The maximum absolute atomic E-state index is 12.9. The molecule has 30 heavy (non-hydrogen) atoms. The van der Waals surface area contributed by atoms with Crippen molar-refractivity contribution in [3.05, 3.63) is 71.0 Å². The molecule has 2 aromatic carbocycles. The summed E-state index contributed by atoms with van der Waals surface area (Å²) in [7, 11) is 0. The van der Waals surface area contributed by atoms with Gasteiger partial charge in [-0.25, -0.2) is 9.97 Å². The molecule has 1 aliphatic rings. The van der Waals surface area contributed by atoms with E-state index in [1.165, 1.54) is 36.5 Å². The normalized spacial score (nSPS) is 12.0. The standard InChI is InChI=1S/C23H14N2O3S2/c1-11(26)13-3-7-15(8-4-13)22-24-17-19(28)18-21(20(17)29-22)30-23(25-18)16-9-5-14(6-10-16)12(2)27/h3-10H,1-2H3. The van der Waals surface area contributed by atoms with Gasteiger partial charge in [0.15, 0.2) is 11.6 Å². The van der Waals surface area contributed by atoms with Gasteiger partial charge in [-0.05, 0) is 13.8 Å². The lowest BCUT2D eigenvalue weighted by Gasteiger charge is -1.98. The Labute approximate surface area is 180 Å². The molecule has 2 aromatic heterocycles. The smallest absolute Gasteiger partial charge is 0.232 e. The highest BCUT2D eigenvalue weighted by molar-refractivity contribution is 7.25. The fourth-order valence-corrected chi connectivity index (χ4v) is 5.58. The summed E-state index contributed by atoms with van der Waals surface area (Å²) in [6, 6.07) is 14.5. The van der Waals surface area contributed by atoms with Crippen molar-refractivity contribution in [2.75, 3.05) is 0 Å². The van der Waals surface area contributed by atoms with Gasteiger partial charge in [-0.1, -0.05) is 48.5 Å². The van der Waals surface area contributed by atoms with Crippen molar-refractivity contribution in [3.8, 4) is 30.9 Å². The minimum absolute atomic E-state index is 0.0107. The Bertz CT molecular complexity index is 1240. The van der Waals surface area contributed by atoms with Crippen LogP contribution in [0.15, 0.2) is 48.5 Å². The average molecular weight is 431 g/mol. The van der Waals surface area contributed by atoms with Gasteiger partial charge in [0.05, 0.1) is 9.75 Å². The second-order valence-corrected chi connectivity index (χ2v) is 8.99. The predicted molar refractivity (Wildman–Crippen MR) is 118 cm³/mol. The number of benzene rings is 2. The highest BCUT2D eigenvalue weighted by atomic mass is 32.1. The molecule has 4 aromatic rings. The summed E-state index contributed by atoms with van der Waals surface area (Å²) in [6.45, 7) is 3.06. The minimum Gasteiger partial charge on any atom is -0.295 e. The number of nitrogens with zero attached hydrogens (tertiary/aromatic N) is 2. The third-order valence-electron chi connectivity index (χ3n) is 4.97. The van der Waals surface area contributed by atoms with Crippen molar-refractivity contribution in [2.45, 2.75) is 13.8 Å². The number of carbonyl (C=O) groups excluding carboxylic acids is 3. The molecule has 146 valence electrons. The van der Waals surface area contributed by atoms with E-state index >= 15 is 0 Å². The fourth-order valence-electron chi connectivity index (χ4n) is 3.31. The first-order valence-corrected chi connectivity index (χ1v) is 10.8. The van der Waals surface area contributed by atoms with E-state index in [4.69, 9.17) is 0 Å². The number of thiazole rings is 2. The summed E-state index contributed by atoms with van der Waals surface area (Å²) in [5.74, 6) is -0.140. The van der Waals surface area contributed by atoms with Crippen LogP contribution in [0.3, 0.4) is 0 Å². The number of Topliss-reactive ketones (excluding diaryl/α,β-unsaturated/α-hetero) is 2. The van der Waals surface area contributed by atoms with Gasteiger partial charge in [0.1, 0.15) is 21.4 Å². The summed E-state index contributed by atoms with van der Waals surface area (Å²) in [4.78, 5) is 46.6. The Morgan fingerprint density at radius 3 is 1.37 bits per heavy atom. The molecule has 7 heteroatoms. The largest absolute Gasteiger partial charge is 0.295 e. The lowest BCUT2D eigenvalue weighted by atomic mass is 10.1. The van der Waals surface area contributed by atoms with Gasteiger partial charge in [0, 0.05) is 22.3 Å². The molecule has 0 radical (unpaired) electrons. The lowest BCUT2D eigenvalue weighted by molar-refractivity contribution is 0.100. The molecule has 1 aliphatic carbocycles. The first kappa shape index (κ1) is 18.7. The van der Waals surface area contributed by atoms with Gasteiger partial charge in [-0.15, -0.1) is 22.7 Å². The van der Waals surface area contributed by atoms with Crippen LogP contribution < -0.4 is 0 Å². The van der Waals surface area contributed by atoms with Crippen LogP contribution >= 0.6 is 22.7 Å². The summed E-state index contributed by atoms with van der Waals surface area (Å²) in [6.07, 6.45) is 0. The van der Waals surface area contributed by atoms with Crippen molar-refractivity contribution in [3.63, 3.8) is 0 Å². The summed E-state index contributed by atoms with van der Waals surface area (Å²) in [5, 5.41) is 1.49. The van der Waals surface area contributed by atoms with Gasteiger partial charge in [-0.2, -0.15) is 0 Å². The van der Waals surface area contributed by atoms with Crippen molar-refractivity contribution in [1.29, 1.82) is 0 Å². The maximum atomic E-state index is 12.9. The van der Waals surface area contributed by atoms with Gasteiger partial charge in [0.2, 0.25) is 5.78 Å². The SMILES string of the molecule is CC(=O)c1ccc(-c2nc3c(s2)-c2sc(-c4ccc(C(C)=O)cc4)nc2C3=O)cc1. The number of ketones is 3. The van der Waals surface area contributed by atoms with E-state index in [1.54, 1.807) is 24.3 Å². The van der Waals surface area contributed by atoms with E-state index < -0.39 is 0 Å². The highest BCUT2D eigenvalue weighted by Gasteiger charge is 2.35. The molecule has 5 nitrogen and oxygen atoms in total. The van der Waals surface area contributed by atoms with Gasteiger partial charge in [0.25, 0.3) is 0 Å². The van der Waals surface area contributed by atoms with Crippen LogP contribution in [0.1, 0.15) is 50.7 Å². The number of fused-ring (bicyclic) bond motifs is 3. The number of hydrogen-bond acceptors (Lipinski definition) is 7. The van der Waals surface area contributed by atoms with Crippen molar-refractivity contribution in [2.24, 2.45) is 0 Å². The molecule has 0 unspecified atom stereocenters. The Morgan fingerprint density at radius 2 is 1.03 bits per heavy atom.